The van der Waals surface area contributed by atoms with E-state index in [1.54, 1.807) is 12.1 Å². The zero-order chi connectivity index (χ0) is 18.2. The smallest absolute Gasteiger partial charge is 0.258 e. The Hall–Kier alpha value is -2.42. The van der Waals surface area contributed by atoms with Gasteiger partial charge in [0.1, 0.15) is 0 Å². The fourth-order valence-electron chi connectivity index (χ4n) is 3.61. The molecule has 0 saturated carbocycles. The third-order valence-electron chi connectivity index (χ3n) is 5.45. The molecule has 0 atom stereocenters. The summed E-state index contributed by atoms with van der Waals surface area (Å²) in [4.78, 5) is 10.4. The van der Waals surface area contributed by atoms with Gasteiger partial charge in [-0.2, -0.15) is 0 Å². The quantitative estimate of drug-likeness (QED) is 0.385. The van der Waals surface area contributed by atoms with Gasteiger partial charge < -0.3 is 0 Å². The summed E-state index contributed by atoms with van der Waals surface area (Å²) in [5.74, 6) is 0. The van der Waals surface area contributed by atoms with Crippen LogP contribution >= 0.6 is 0 Å². The zero-order valence-corrected chi connectivity index (χ0v) is 15.4. The van der Waals surface area contributed by atoms with Crippen molar-refractivity contribution in [1.82, 2.24) is 0 Å². The van der Waals surface area contributed by atoms with Gasteiger partial charge in [-0.05, 0) is 58.1 Å². The minimum atomic E-state index is -0.374. The van der Waals surface area contributed by atoms with Crippen molar-refractivity contribution in [3.8, 4) is 0 Å². The SMILES string of the molecule is CC1(C)CCC(C)(C)c2cc(/C=C/c3ccc([N+](=O)[O-])cc3)ccc21. The summed E-state index contributed by atoms with van der Waals surface area (Å²) in [7, 11) is 0. The highest BCUT2D eigenvalue weighted by atomic mass is 16.6. The van der Waals surface area contributed by atoms with Crippen molar-refractivity contribution in [3.63, 3.8) is 0 Å². The van der Waals surface area contributed by atoms with Crippen LogP contribution in [0.15, 0.2) is 42.5 Å². The number of non-ortho nitro benzene ring substituents is 1. The first kappa shape index (κ1) is 17.4. The predicted octanol–water partition coefficient (Wildman–Crippen LogP) is 6.11. The molecule has 1 aliphatic rings. The first-order valence-electron chi connectivity index (χ1n) is 8.77. The summed E-state index contributed by atoms with van der Waals surface area (Å²) in [6.45, 7) is 9.30. The summed E-state index contributed by atoms with van der Waals surface area (Å²) in [5, 5.41) is 10.7. The molecule has 0 spiro atoms. The standard InChI is InChI=1S/C22H25NO2/c1-21(2)13-14-22(3,4)20-15-17(9-12-19(20)21)6-5-16-7-10-18(11-8-16)23(24)25/h5-12,15H,13-14H2,1-4H3/b6-5+. The van der Waals surface area contributed by atoms with E-state index >= 15 is 0 Å². The van der Waals surface area contributed by atoms with Gasteiger partial charge in [-0.15, -0.1) is 0 Å². The van der Waals surface area contributed by atoms with E-state index < -0.39 is 0 Å². The minimum absolute atomic E-state index is 0.120. The second-order valence-electron chi connectivity index (χ2n) is 8.25. The maximum atomic E-state index is 10.7. The maximum Gasteiger partial charge on any atom is 0.269 e. The van der Waals surface area contributed by atoms with Crippen molar-refractivity contribution in [2.45, 2.75) is 51.4 Å². The average molecular weight is 335 g/mol. The molecule has 3 rings (SSSR count). The van der Waals surface area contributed by atoms with Crippen LogP contribution in [0.2, 0.25) is 0 Å². The lowest BCUT2D eigenvalue weighted by Gasteiger charge is -2.42. The molecule has 0 aliphatic heterocycles. The maximum absolute atomic E-state index is 10.7. The van der Waals surface area contributed by atoms with Gasteiger partial charge in [-0.1, -0.05) is 58.0 Å². The van der Waals surface area contributed by atoms with E-state index in [0.717, 1.165) is 5.56 Å². The van der Waals surface area contributed by atoms with Crippen LogP contribution in [0, 0.1) is 10.1 Å². The van der Waals surface area contributed by atoms with E-state index in [1.807, 2.05) is 6.08 Å². The highest BCUT2D eigenvalue weighted by Crippen LogP contribution is 2.45. The normalized spacial score (nSPS) is 18.1. The molecule has 3 heteroatoms. The number of hydrogen-bond acceptors (Lipinski definition) is 2. The van der Waals surface area contributed by atoms with Crippen molar-refractivity contribution in [2.75, 3.05) is 0 Å². The Bertz CT molecular complexity index is 830. The Labute approximate surface area is 149 Å². The van der Waals surface area contributed by atoms with Crippen LogP contribution < -0.4 is 0 Å². The Morgan fingerprint density at radius 1 is 0.840 bits per heavy atom. The lowest BCUT2D eigenvalue weighted by Crippen LogP contribution is -2.33. The lowest BCUT2D eigenvalue weighted by atomic mass is 9.63. The molecule has 0 bridgehead atoms. The third-order valence-corrected chi connectivity index (χ3v) is 5.45. The third kappa shape index (κ3) is 3.51. The van der Waals surface area contributed by atoms with E-state index in [1.165, 1.54) is 41.7 Å². The van der Waals surface area contributed by atoms with Gasteiger partial charge in [-0.25, -0.2) is 0 Å². The largest absolute Gasteiger partial charge is 0.269 e. The van der Waals surface area contributed by atoms with Gasteiger partial charge in [-0.3, -0.25) is 10.1 Å². The molecule has 0 fully saturated rings. The summed E-state index contributed by atoms with van der Waals surface area (Å²) >= 11 is 0. The lowest BCUT2D eigenvalue weighted by molar-refractivity contribution is -0.384. The number of fused-ring (bicyclic) bond motifs is 1. The molecule has 0 saturated heterocycles. The van der Waals surface area contributed by atoms with Gasteiger partial charge in [0.2, 0.25) is 0 Å². The van der Waals surface area contributed by atoms with E-state index in [9.17, 15) is 10.1 Å². The fraction of sp³-hybridized carbons (Fsp3) is 0.364. The number of nitrogens with zero attached hydrogens (tertiary/aromatic N) is 1. The first-order chi connectivity index (χ1) is 11.7. The highest BCUT2D eigenvalue weighted by Gasteiger charge is 2.36. The second kappa shape index (κ2) is 6.14. The molecule has 0 aromatic heterocycles. The van der Waals surface area contributed by atoms with Crippen molar-refractivity contribution < 1.29 is 4.92 Å². The van der Waals surface area contributed by atoms with E-state index in [-0.39, 0.29) is 21.4 Å². The predicted molar refractivity (Wildman–Crippen MR) is 104 cm³/mol. The molecule has 2 aromatic carbocycles. The van der Waals surface area contributed by atoms with Crippen LogP contribution in [0.25, 0.3) is 12.2 Å². The molecule has 25 heavy (non-hydrogen) atoms. The average Bonchev–Trinajstić information content (AvgIpc) is 2.57. The van der Waals surface area contributed by atoms with Crippen molar-refractivity contribution in [2.24, 2.45) is 0 Å². The Kier molecular flexibility index (Phi) is 4.28. The van der Waals surface area contributed by atoms with Crippen LogP contribution in [0.1, 0.15) is 62.8 Å². The van der Waals surface area contributed by atoms with Crippen LogP contribution in [-0.4, -0.2) is 4.92 Å². The van der Waals surface area contributed by atoms with Crippen LogP contribution in [-0.2, 0) is 10.8 Å². The van der Waals surface area contributed by atoms with Crippen molar-refractivity contribution in [1.29, 1.82) is 0 Å². The molecule has 0 N–H and O–H groups in total. The first-order valence-corrected chi connectivity index (χ1v) is 8.77. The van der Waals surface area contributed by atoms with Crippen molar-refractivity contribution >= 4 is 17.8 Å². The molecule has 0 heterocycles. The minimum Gasteiger partial charge on any atom is -0.258 e. The number of nitro groups is 1. The van der Waals surface area contributed by atoms with Crippen LogP contribution in [0.5, 0.6) is 0 Å². The van der Waals surface area contributed by atoms with E-state index in [2.05, 4.69) is 52.0 Å². The number of rotatable bonds is 3. The molecular weight excluding hydrogens is 310 g/mol. The second-order valence-corrected chi connectivity index (χ2v) is 8.25. The number of nitro benzene ring substituents is 1. The van der Waals surface area contributed by atoms with E-state index in [0.29, 0.717) is 0 Å². The molecule has 2 aromatic rings. The van der Waals surface area contributed by atoms with E-state index in [4.69, 9.17) is 0 Å². The Balaban J connectivity index is 1.90. The molecule has 3 nitrogen and oxygen atoms in total. The summed E-state index contributed by atoms with van der Waals surface area (Å²) in [5.41, 5.74) is 5.57. The highest BCUT2D eigenvalue weighted by molar-refractivity contribution is 5.71. The van der Waals surface area contributed by atoms with Gasteiger partial charge in [0.25, 0.3) is 5.69 Å². The van der Waals surface area contributed by atoms with Gasteiger partial charge in [0.15, 0.2) is 0 Å². The fourth-order valence-corrected chi connectivity index (χ4v) is 3.61. The molecule has 0 amide bonds. The molecule has 130 valence electrons. The molecule has 1 aliphatic carbocycles. The van der Waals surface area contributed by atoms with Gasteiger partial charge in [0, 0.05) is 12.1 Å². The number of hydrogen-bond donors (Lipinski definition) is 0. The number of benzene rings is 2. The summed E-state index contributed by atoms with van der Waals surface area (Å²) in [6, 6.07) is 13.4. The Morgan fingerprint density at radius 2 is 1.36 bits per heavy atom. The molecule has 0 radical (unpaired) electrons. The summed E-state index contributed by atoms with van der Waals surface area (Å²) in [6.07, 6.45) is 6.50. The summed E-state index contributed by atoms with van der Waals surface area (Å²) < 4.78 is 0. The molecule has 0 unspecified atom stereocenters. The van der Waals surface area contributed by atoms with Crippen LogP contribution in [0.3, 0.4) is 0 Å². The molecular formula is C22H25NO2. The topological polar surface area (TPSA) is 43.1 Å². The van der Waals surface area contributed by atoms with Gasteiger partial charge in [0.05, 0.1) is 4.92 Å². The Morgan fingerprint density at radius 3 is 1.96 bits per heavy atom. The van der Waals surface area contributed by atoms with Crippen molar-refractivity contribution in [3.05, 3.63) is 74.8 Å². The monoisotopic (exact) mass is 335 g/mol. The van der Waals surface area contributed by atoms with Gasteiger partial charge >= 0.3 is 0 Å². The zero-order valence-electron chi connectivity index (χ0n) is 15.4. The van der Waals surface area contributed by atoms with Crippen LogP contribution in [0.4, 0.5) is 5.69 Å².